The molecule has 2 rings (SSSR count). The molecule has 1 aromatic carbocycles. The molecule has 1 N–H and O–H groups in total. The van der Waals surface area contributed by atoms with E-state index in [9.17, 15) is 9.90 Å². The third kappa shape index (κ3) is 1.75. The molecule has 0 saturated heterocycles. The van der Waals surface area contributed by atoms with E-state index in [-0.39, 0.29) is 17.5 Å². The number of phenols is 1. The molecule has 0 aliphatic carbocycles. The number of benzene rings is 1. The summed E-state index contributed by atoms with van der Waals surface area (Å²) >= 11 is 0. The van der Waals surface area contributed by atoms with Crippen LogP contribution in [0.25, 0.3) is 0 Å². The molecule has 1 aromatic rings. The summed E-state index contributed by atoms with van der Waals surface area (Å²) in [5, 5.41) is 10.2. The molecule has 1 aliphatic heterocycles. The van der Waals surface area contributed by atoms with Crippen LogP contribution in [0.4, 0.5) is 0 Å². The van der Waals surface area contributed by atoms with Gasteiger partial charge in [-0.2, -0.15) is 0 Å². The van der Waals surface area contributed by atoms with Crippen LogP contribution in [0, 0.1) is 20.8 Å². The lowest BCUT2D eigenvalue weighted by Crippen LogP contribution is -2.37. The molecule has 0 fully saturated rings. The smallest absolute Gasteiger partial charge is 0.141 e. The normalized spacial score (nSPS) is 25.1. The molecule has 104 valence electrons. The highest BCUT2D eigenvalue weighted by Crippen LogP contribution is 2.52. The third-order valence-electron chi connectivity index (χ3n) is 4.61. The largest absolute Gasteiger partial charge is 0.507 e. The number of rotatable bonds is 2. The summed E-state index contributed by atoms with van der Waals surface area (Å²) in [6, 6.07) is 0. The minimum absolute atomic E-state index is 0.0915. The average Bonchev–Trinajstić information content (AvgIpc) is 2.68. The number of hydrogen-bond acceptors (Lipinski definition) is 3. The number of phenolic OH excluding ortho intramolecular Hbond substituents is 1. The summed E-state index contributed by atoms with van der Waals surface area (Å²) in [5.41, 5.74) is 2.90. The van der Waals surface area contributed by atoms with Gasteiger partial charge in [0.05, 0.1) is 5.92 Å². The van der Waals surface area contributed by atoms with E-state index in [1.165, 1.54) is 0 Å². The van der Waals surface area contributed by atoms with Gasteiger partial charge in [0.15, 0.2) is 0 Å². The first-order valence-corrected chi connectivity index (χ1v) is 6.76. The highest BCUT2D eigenvalue weighted by atomic mass is 16.5. The van der Waals surface area contributed by atoms with E-state index in [1.807, 2.05) is 34.6 Å². The molecular formula is C16H22O3. The maximum atomic E-state index is 12.1. The van der Waals surface area contributed by atoms with Crippen LogP contribution in [0.3, 0.4) is 0 Å². The van der Waals surface area contributed by atoms with E-state index in [1.54, 1.807) is 6.92 Å². The van der Waals surface area contributed by atoms with Crippen molar-refractivity contribution in [3.8, 4) is 11.5 Å². The van der Waals surface area contributed by atoms with Crippen molar-refractivity contribution in [3.05, 3.63) is 22.3 Å². The van der Waals surface area contributed by atoms with Gasteiger partial charge in [0.2, 0.25) is 0 Å². The molecule has 19 heavy (non-hydrogen) atoms. The van der Waals surface area contributed by atoms with Gasteiger partial charge in [-0.1, -0.05) is 6.92 Å². The molecule has 0 saturated carbocycles. The number of ether oxygens (including phenoxy) is 1. The van der Waals surface area contributed by atoms with Crippen molar-refractivity contribution in [2.45, 2.75) is 59.5 Å². The van der Waals surface area contributed by atoms with E-state index in [4.69, 9.17) is 4.74 Å². The fourth-order valence-corrected chi connectivity index (χ4v) is 3.12. The van der Waals surface area contributed by atoms with Crippen LogP contribution in [0.5, 0.6) is 11.5 Å². The van der Waals surface area contributed by atoms with E-state index in [2.05, 4.69) is 0 Å². The lowest BCUT2D eigenvalue weighted by atomic mass is 9.78. The fraction of sp³-hybridized carbons (Fsp3) is 0.562. The van der Waals surface area contributed by atoms with E-state index in [0.29, 0.717) is 0 Å². The number of carbonyl (C=O) groups excluding carboxylic acids is 1. The Bertz CT molecular complexity index is 560. The zero-order chi connectivity index (χ0) is 14.5. The lowest BCUT2D eigenvalue weighted by molar-refractivity contribution is -0.121. The molecule has 2 unspecified atom stereocenters. The molecule has 0 bridgehead atoms. The van der Waals surface area contributed by atoms with Crippen molar-refractivity contribution >= 4 is 5.78 Å². The quantitative estimate of drug-likeness (QED) is 0.886. The predicted octanol–water partition coefficient (Wildman–Crippen LogP) is 3.55. The standard InChI is InChI=1S/C16H22O3/c1-7-16(6)13(11(5)17)12-10(4)14(18)8(2)9(3)15(12)19-16/h13,18H,7H2,1-6H3. The average molecular weight is 262 g/mol. The van der Waals surface area contributed by atoms with Crippen LogP contribution in [-0.4, -0.2) is 16.5 Å². The summed E-state index contributed by atoms with van der Waals surface area (Å²) in [4.78, 5) is 12.1. The van der Waals surface area contributed by atoms with Crippen LogP contribution in [0.15, 0.2) is 0 Å². The highest BCUT2D eigenvalue weighted by Gasteiger charge is 2.48. The summed E-state index contributed by atoms with van der Waals surface area (Å²) in [7, 11) is 0. The first kappa shape index (κ1) is 13.9. The second-order valence-corrected chi connectivity index (χ2v) is 5.78. The van der Waals surface area contributed by atoms with E-state index >= 15 is 0 Å². The second-order valence-electron chi connectivity index (χ2n) is 5.78. The summed E-state index contributed by atoms with van der Waals surface area (Å²) in [6.07, 6.45) is 0.755. The highest BCUT2D eigenvalue weighted by molar-refractivity contribution is 5.88. The van der Waals surface area contributed by atoms with Gasteiger partial charge in [-0.3, -0.25) is 4.79 Å². The minimum Gasteiger partial charge on any atom is -0.507 e. The molecule has 3 heteroatoms. The van der Waals surface area contributed by atoms with Crippen molar-refractivity contribution in [2.24, 2.45) is 0 Å². The Morgan fingerprint density at radius 2 is 1.84 bits per heavy atom. The molecule has 3 nitrogen and oxygen atoms in total. The molecular weight excluding hydrogens is 240 g/mol. The molecule has 0 aromatic heterocycles. The predicted molar refractivity (Wildman–Crippen MR) is 75.1 cm³/mol. The van der Waals surface area contributed by atoms with Crippen LogP contribution in [0.1, 0.15) is 55.4 Å². The van der Waals surface area contributed by atoms with Crippen molar-refractivity contribution < 1.29 is 14.6 Å². The Morgan fingerprint density at radius 3 is 2.32 bits per heavy atom. The van der Waals surface area contributed by atoms with E-state index in [0.717, 1.165) is 34.4 Å². The van der Waals surface area contributed by atoms with Crippen molar-refractivity contribution in [2.75, 3.05) is 0 Å². The number of hydrogen-bond donors (Lipinski definition) is 1. The molecule has 0 radical (unpaired) electrons. The van der Waals surface area contributed by atoms with Gasteiger partial charge in [-0.25, -0.2) is 0 Å². The fourth-order valence-electron chi connectivity index (χ4n) is 3.12. The van der Waals surface area contributed by atoms with Gasteiger partial charge in [0.25, 0.3) is 0 Å². The molecule has 1 heterocycles. The SMILES string of the molecule is CCC1(C)Oc2c(C)c(C)c(O)c(C)c2C1C(C)=O. The monoisotopic (exact) mass is 262 g/mol. The number of fused-ring (bicyclic) bond motifs is 1. The first-order chi connectivity index (χ1) is 8.74. The van der Waals surface area contributed by atoms with Gasteiger partial charge < -0.3 is 9.84 Å². The maximum absolute atomic E-state index is 12.1. The molecule has 0 amide bonds. The molecule has 2 atom stereocenters. The van der Waals surface area contributed by atoms with Crippen LogP contribution >= 0.6 is 0 Å². The van der Waals surface area contributed by atoms with Crippen molar-refractivity contribution in [1.82, 2.24) is 0 Å². The third-order valence-corrected chi connectivity index (χ3v) is 4.61. The van der Waals surface area contributed by atoms with Crippen LogP contribution < -0.4 is 4.74 Å². The minimum atomic E-state index is -0.510. The Hall–Kier alpha value is -1.51. The van der Waals surface area contributed by atoms with Crippen LogP contribution in [0.2, 0.25) is 0 Å². The van der Waals surface area contributed by atoms with Crippen molar-refractivity contribution in [1.29, 1.82) is 0 Å². The van der Waals surface area contributed by atoms with Gasteiger partial charge in [0, 0.05) is 5.56 Å². The number of carbonyl (C=O) groups is 1. The summed E-state index contributed by atoms with van der Waals surface area (Å²) < 4.78 is 6.13. The lowest BCUT2D eigenvalue weighted by Gasteiger charge is -2.28. The second kappa shape index (κ2) is 4.26. The summed E-state index contributed by atoms with van der Waals surface area (Å²) in [6.45, 7) is 11.3. The topological polar surface area (TPSA) is 46.5 Å². The number of aromatic hydroxyl groups is 1. The van der Waals surface area contributed by atoms with Crippen LogP contribution in [-0.2, 0) is 4.79 Å². The first-order valence-electron chi connectivity index (χ1n) is 6.76. The van der Waals surface area contributed by atoms with E-state index < -0.39 is 5.60 Å². The van der Waals surface area contributed by atoms with Gasteiger partial charge in [-0.05, 0) is 57.7 Å². The maximum Gasteiger partial charge on any atom is 0.141 e. The Morgan fingerprint density at radius 1 is 1.26 bits per heavy atom. The Balaban J connectivity index is 2.79. The Labute approximate surface area is 114 Å². The zero-order valence-corrected chi connectivity index (χ0v) is 12.5. The molecule has 0 spiro atoms. The molecule has 1 aliphatic rings. The van der Waals surface area contributed by atoms with Gasteiger partial charge >= 0.3 is 0 Å². The summed E-state index contributed by atoms with van der Waals surface area (Å²) in [5.74, 6) is 0.871. The number of ketones is 1. The van der Waals surface area contributed by atoms with Crippen molar-refractivity contribution in [3.63, 3.8) is 0 Å². The van der Waals surface area contributed by atoms with Gasteiger partial charge in [-0.15, -0.1) is 0 Å². The number of Topliss-reactive ketones (excluding diaryl/α,β-unsaturated/α-hetero) is 1. The Kier molecular flexibility index (Phi) is 3.12. The zero-order valence-electron chi connectivity index (χ0n) is 12.5. The van der Waals surface area contributed by atoms with Gasteiger partial charge in [0.1, 0.15) is 22.9 Å².